The number of hydrogen-bond acceptors (Lipinski definition) is 4. The van der Waals surface area contributed by atoms with Gasteiger partial charge >= 0.3 is 140 Å². The standard InChI is InChI=1S/C13H22S4Te/c1-2-13(8-15-5-12-7-17-12)18-9-10(1)3-14-4-11-6-16-11/h10-13H,1-9H2. The van der Waals surface area contributed by atoms with Gasteiger partial charge in [0.2, 0.25) is 0 Å². The van der Waals surface area contributed by atoms with E-state index in [0.717, 1.165) is 16.4 Å². The molecule has 104 valence electrons. The summed E-state index contributed by atoms with van der Waals surface area (Å²) in [6, 6.07) is 0. The number of rotatable bonds is 8. The zero-order valence-corrected chi connectivity index (χ0v) is 16.3. The molecule has 0 saturated carbocycles. The van der Waals surface area contributed by atoms with E-state index in [-0.39, 0.29) is 0 Å². The van der Waals surface area contributed by atoms with Crippen molar-refractivity contribution in [2.45, 2.75) is 31.8 Å². The molecule has 3 aliphatic rings. The van der Waals surface area contributed by atoms with Crippen molar-refractivity contribution in [2.75, 3.05) is 34.5 Å². The van der Waals surface area contributed by atoms with Crippen molar-refractivity contribution < 1.29 is 0 Å². The van der Waals surface area contributed by atoms with Crippen LogP contribution in [0.5, 0.6) is 0 Å². The molecule has 0 radical (unpaired) electrons. The summed E-state index contributed by atoms with van der Waals surface area (Å²) in [5.74, 6) is 9.91. The summed E-state index contributed by atoms with van der Waals surface area (Å²) < 4.78 is 2.84. The van der Waals surface area contributed by atoms with Gasteiger partial charge in [-0.05, 0) is 0 Å². The Morgan fingerprint density at radius 2 is 1.56 bits per heavy atom. The van der Waals surface area contributed by atoms with Crippen molar-refractivity contribution in [3.63, 3.8) is 0 Å². The van der Waals surface area contributed by atoms with E-state index in [4.69, 9.17) is 0 Å². The van der Waals surface area contributed by atoms with Gasteiger partial charge in [-0.15, -0.1) is 0 Å². The number of hydrogen-bond donors (Lipinski definition) is 0. The van der Waals surface area contributed by atoms with Crippen molar-refractivity contribution >= 4 is 68.0 Å². The first-order valence-electron chi connectivity index (χ1n) is 6.90. The Kier molecular flexibility index (Phi) is 6.70. The van der Waals surface area contributed by atoms with E-state index in [9.17, 15) is 0 Å². The SMILES string of the molecule is C1CC(CSCC2CS2)[Te]CC1CSCC1CS1. The minimum atomic E-state index is 0.353. The van der Waals surface area contributed by atoms with E-state index >= 15 is 0 Å². The van der Waals surface area contributed by atoms with Crippen molar-refractivity contribution in [1.29, 1.82) is 0 Å². The molecule has 0 aromatic rings. The third kappa shape index (κ3) is 5.90. The molecule has 0 amide bonds. The van der Waals surface area contributed by atoms with Gasteiger partial charge in [0.25, 0.3) is 0 Å². The van der Waals surface area contributed by atoms with Crippen molar-refractivity contribution in [2.24, 2.45) is 5.92 Å². The summed E-state index contributed by atoms with van der Waals surface area (Å²) in [5.41, 5.74) is 0. The molecule has 18 heavy (non-hydrogen) atoms. The maximum absolute atomic E-state index is 2.27. The minimum absolute atomic E-state index is 0.353. The second-order valence-electron chi connectivity index (χ2n) is 5.38. The van der Waals surface area contributed by atoms with Crippen LogP contribution in [0.4, 0.5) is 0 Å². The third-order valence-corrected chi connectivity index (χ3v) is 13.6. The van der Waals surface area contributed by atoms with Crippen LogP contribution in [0.3, 0.4) is 0 Å². The van der Waals surface area contributed by atoms with Crippen LogP contribution >= 0.6 is 47.0 Å². The molecule has 0 bridgehead atoms. The van der Waals surface area contributed by atoms with Crippen LogP contribution in [-0.4, -0.2) is 65.9 Å². The molecule has 0 aromatic heterocycles. The van der Waals surface area contributed by atoms with Crippen LogP contribution in [0.2, 0.25) is 8.43 Å². The van der Waals surface area contributed by atoms with Gasteiger partial charge in [0, 0.05) is 0 Å². The quantitative estimate of drug-likeness (QED) is 0.418. The number of thioether (sulfide) groups is 4. The van der Waals surface area contributed by atoms with Crippen LogP contribution in [0.1, 0.15) is 12.8 Å². The fourth-order valence-electron chi connectivity index (χ4n) is 2.15. The molecule has 0 spiro atoms. The molecule has 5 heteroatoms. The molecule has 0 N–H and O–H groups in total. The first kappa shape index (κ1) is 15.1. The average molecular weight is 434 g/mol. The Morgan fingerprint density at radius 3 is 2.11 bits per heavy atom. The van der Waals surface area contributed by atoms with E-state index in [2.05, 4.69) is 47.0 Å². The molecule has 3 fully saturated rings. The van der Waals surface area contributed by atoms with Gasteiger partial charge in [0.05, 0.1) is 0 Å². The molecular weight excluding hydrogens is 412 g/mol. The van der Waals surface area contributed by atoms with E-state index in [1.165, 1.54) is 38.5 Å². The molecule has 4 atom stereocenters. The van der Waals surface area contributed by atoms with Gasteiger partial charge in [-0.2, -0.15) is 0 Å². The van der Waals surface area contributed by atoms with Gasteiger partial charge in [-0.1, -0.05) is 0 Å². The van der Waals surface area contributed by atoms with Crippen LogP contribution in [0.25, 0.3) is 0 Å². The first-order chi connectivity index (χ1) is 8.90. The van der Waals surface area contributed by atoms with Gasteiger partial charge < -0.3 is 0 Å². The van der Waals surface area contributed by atoms with E-state index in [0.29, 0.717) is 20.9 Å². The van der Waals surface area contributed by atoms with Crippen molar-refractivity contribution in [1.82, 2.24) is 0 Å². The molecule has 3 aliphatic heterocycles. The predicted molar refractivity (Wildman–Crippen MR) is 94.2 cm³/mol. The molecule has 3 rings (SSSR count). The Bertz CT molecular complexity index is 221. The molecule has 0 nitrogen and oxygen atoms in total. The Balaban J connectivity index is 1.21. The second-order valence-corrected chi connectivity index (χ2v) is 14.0. The normalized spacial score (nSPS) is 38.7. The topological polar surface area (TPSA) is 0 Å². The van der Waals surface area contributed by atoms with Crippen LogP contribution in [-0.2, 0) is 0 Å². The molecule has 3 heterocycles. The van der Waals surface area contributed by atoms with Gasteiger partial charge in [0.1, 0.15) is 0 Å². The fraction of sp³-hybridized carbons (Fsp3) is 1.00. The fourth-order valence-corrected chi connectivity index (χ4v) is 11.8. The van der Waals surface area contributed by atoms with Gasteiger partial charge in [-0.3, -0.25) is 0 Å². The van der Waals surface area contributed by atoms with Crippen molar-refractivity contribution in [3.8, 4) is 0 Å². The second kappa shape index (κ2) is 7.99. The summed E-state index contributed by atoms with van der Waals surface area (Å²) in [4.78, 5) is 0. The summed E-state index contributed by atoms with van der Waals surface area (Å²) in [5, 5.41) is 2.09. The molecular formula is C13H22S4Te. The predicted octanol–water partition coefficient (Wildman–Crippen LogP) is 4.00. The molecule has 0 aliphatic carbocycles. The molecule has 4 unspecified atom stereocenters. The zero-order chi connectivity index (χ0) is 12.2. The van der Waals surface area contributed by atoms with Crippen LogP contribution in [0, 0.1) is 5.92 Å². The summed E-state index contributed by atoms with van der Waals surface area (Å²) in [6.45, 7) is 0. The summed E-state index contributed by atoms with van der Waals surface area (Å²) in [6.07, 6.45) is 3.13. The zero-order valence-electron chi connectivity index (χ0n) is 10.7. The van der Waals surface area contributed by atoms with Crippen LogP contribution in [0.15, 0.2) is 0 Å². The molecule has 3 saturated heterocycles. The Labute approximate surface area is 139 Å². The van der Waals surface area contributed by atoms with Crippen LogP contribution < -0.4 is 0 Å². The summed E-state index contributed by atoms with van der Waals surface area (Å²) in [7, 11) is 0. The van der Waals surface area contributed by atoms with Gasteiger partial charge in [-0.25, -0.2) is 0 Å². The average Bonchev–Trinajstić information content (AvgIpc) is 3.25. The van der Waals surface area contributed by atoms with E-state index < -0.39 is 0 Å². The monoisotopic (exact) mass is 436 g/mol. The first-order valence-corrected chi connectivity index (χ1v) is 14.3. The van der Waals surface area contributed by atoms with Crippen molar-refractivity contribution in [3.05, 3.63) is 0 Å². The maximum atomic E-state index is 2.27. The Morgan fingerprint density at radius 1 is 0.889 bits per heavy atom. The summed E-state index contributed by atoms with van der Waals surface area (Å²) >= 11 is 9.18. The van der Waals surface area contributed by atoms with E-state index in [1.54, 1.807) is 17.3 Å². The van der Waals surface area contributed by atoms with Gasteiger partial charge in [0.15, 0.2) is 0 Å². The van der Waals surface area contributed by atoms with E-state index in [1.807, 2.05) is 0 Å². The Hall–Kier alpha value is 2.19. The molecule has 0 aromatic carbocycles. The third-order valence-electron chi connectivity index (χ3n) is 3.53.